The van der Waals surface area contributed by atoms with Gasteiger partial charge in [0.05, 0.1) is 0 Å². The summed E-state index contributed by atoms with van der Waals surface area (Å²) in [6.07, 6.45) is 7.97. The molecule has 2 atom stereocenters. The van der Waals surface area contributed by atoms with Crippen LogP contribution in [-0.4, -0.2) is 30.6 Å². The molecule has 0 radical (unpaired) electrons. The number of fused-ring (bicyclic) bond motifs is 1. The van der Waals surface area contributed by atoms with E-state index in [-0.39, 0.29) is 0 Å². The minimum Gasteiger partial charge on any atom is -0.313 e. The first-order chi connectivity index (χ1) is 9.38. The monoisotopic (exact) mass is 278 g/mol. The van der Waals surface area contributed by atoms with Crippen molar-refractivity contribution in [2.24, 2.45) is 0 Å². The minimum absolute atomic E-state index is 0.703. The summed E-state index contributed by atoms with van der Waals surface area (Å²) in [4.78, 5) is 4.42. The molecular formula is C16H26N2S. The van der Waals surface area contributed by atoms with Crippen molar-refractivity contribution in [1.29, 1.82) is 0 Å². The Morgan fingerprint density at radius 1 is 1.42 bits per heavy atom. The average Bonchev–Trinajstić information content (AvgIpc) is 2.79. The molecule has 0 amide bonds. The number of rotatable bonds is 3. The smallest absolute Gasteiger partial charge is 0.0359 e. The molecule has 1 N–H and O–H groups in total. The molecule has 2 nitrogen and oxygen atoms in total. The summed E-state index contributed by atoms with van der Waals surface area (Å²) < 4.78 is 0. The summed E-state index contributed by atoms with van der Waals surface area (Å²) in [5.74, 6) is 0. The van der Waals surface area contributed by atoms with Gasteiger partial charge in [0, 0.05) is 30.1 Å². The van der Waals surface area contributed by atoms with Crippen molar-refractivity contribution in [1.82, 2.24) is 10.2 Å². The molecule has 2 heterocycles. The number of aryl methyl sites for hydroxylation is 1. The summed E-state index contributed by atoms with van der Waals surface area (Å²) in [6.45, 7) is 6.01. The molecule has 0 saturated carbocycles. The van der Waals surface area contributed by atoms with Crippen LogP contribution in [0.5, 0.6) is 0 Å². The maximum atomic E-state index is 3.73. The summed E-state index contributed by atoms with van der Waals surface area (Å²) in [7, 11) is 0. The van der Waals surface area contributed by atoms with E-state index < -0.39 is 0 Å². The lowest BCUT2D eigenvalue weighted by Gasteiger charge is -2.35. The van der Waals surface area contributed by atoms with Gasteiger partial charge < -0.3 is 5.32 Å². The zero-order valence-corrected chi connectivity index (χ0v) is 12.8. The molecule has 0 spiro atoms. The quantitative estimate of drug-likeness (QED) is 0.909. The molecule has 1 fully saturated rings. The van der Waals surface area contributed by atoms with Crippen molar-refractivity contribution in [3.05, 3.63) is 21.9 Å². The molecule has 1 aromatic heterocycles. The third-order valence-electron chi connectivity index (χ3n) is 4.61. The third-order valence-corrected chi connectivity index (χ3v) is 5.60. The van der Waals surface area contributed by atoms with Crippen molar-refractivity contribution in [2.75, 3.05) is 19.6 Å². The SMILES string of the molecule is CCCC1CN(C2CCCc3sccc32)CCCN1. The second kappa shape index (κ2) is 6.38. The summed E-state index contributed by atoms with van der Waals surface area (Å²) >= 11 is 1.97. The average molecular weight is 278 g/mol. The highest BCUT2D eigenvalue weighted by Gasteiger charge is 2.29. The number of nitrogens with zero attached hydrogens (tertiary/aromatic N) is 1. The van der Waals surface area contributed by atoms with Gasteiger partial charge >= 0.3 is 0 Å². The van der Waals surface area contributed by atoms with Gasteiger partial charge in [-0.1, -0.05) is 13.3 Å². The molecule has 1 aliphatic carbocycles. The number of hydrogen-bond acceptors (Lipinski definition) is 3. The lowest BCUT2D eigenvalue weighted by atomic mass is 9.92. The van der Waals surface area contributed by atoms with Gasteiger partial charge in [-0.05, 0) is 55.7 Å². The maximum absolute atomic E-state index is 3.73. The fraction of sp³-hybridized carbons (Fsp3) is 0.750. The molecule has 2 unspecified atom stereocenters. The Kier molecular flexibility index (Phi) is 4.57. The second-order valence-electron chi connectivity index (χ2n) is 6.00. The number of thiophene rings is 1. The molecule has 2 aliphatic rings. The topological polar surface area (TPSA) is 15.3 Å². The third kappa shape index (κ3) is 3.04. The van der Waals surface area contributed by atoms with Crippen molar-refractivity contribution in [3.8, 4) is 0 Å². The fourth-order valence-corrected chi connectivity index (χ4v) is 4.67. The highest BCUT2D eigenvalue weighted by atomic mass is 32.1. The van der Waals surface area contributed by atoms with Crippen LogP contribution in [-0.2, 0) is 6.42 Å². The van der Waals surface area contributed by atoms with Crippen molar-refractivity contribution < 1.29 is 0 Å². The molecule has 1 aromatic rings. The van der Waals surface area contributed by atoms with Gasteiger partial charge in [0.15, 0.2) is 0 Å². The van der Waals surface area contributed by atoms with E-state index in [1.807, 2.05) is 11.3 Å². The minimum atomic E-state index is 0.703. The predicted octanol–water partition coefficient (Wildman–Crippen LogP) is 3.59. The maximum Gasteiger partial charge on any atom is 0.0359 e. The molecule has 106 valence electrons. The van der Waals surface area contributed by atoms with Crippen LogP contribution in [0.25, 0.3) is 0 Å². The summed E-state index contributed by atoms with van der Waals surface area (Å²) in [5.41, 5.74) is 1.65. The van der Waals surface area contributed by atoms with E-state index in [1.165, 1.54) is 58.2 Å². The molecule has 1 saturated heterocycles. The van der Waals surface area contributed by atoms with E-state index in [4.69, 9.17) is 0 Å². The highest BCUT2D eigenvalue weighted by Crippen LogP contribution is 2.37. The molecule has 0 bridgehead atoms. The number of nitrogens with one attached hydrogen (secondary N) is 1. The highest BCUT2D eigenvalue weighted by molar-refractivity contribution is 7.10. The Balaban J connectivity index is 1.74. The van der Waals surface area contributed by atoms with Gasteiger partial charge in [-0.3, -0.25) is 4.90 Å². The first kappa shape index (κ1) is 13.6. The molecule has 19 heavy (non-hydrogen) atoms. The normalized spacial score (nSPS) is 28.9. The molecule has 3 rings (SSSR count). The lowest BCUT2D eigenvalue weighted by Crippen LogP contribution is -2.40. The fourth-order valence-electron chi connectivity index (χ4n) is 3.69. The Hall–Kier alpha value is -0.380. The zero-order chi connectivity index (χ0) is 13.1. The van der Waals surface area contributed by atoms with E-state index in [0.717, 1.165) is 0 Å². The Morgan fingerprint density at radius 2 is 2.37 bits per heavy atom. The van der Waals surface area contributed by atoms with Crippen LogP contribution in [0.2, 0.25) is 0 Å². The van der Waals surface area contributed by atoms with Crippen LogP contribution < -0.4 is 5.32 Å². The standard InChI is InChI=1S/C16H26N2S/c1-2-5-13-12-18(10-4-9-17-13)15-6-3-7-16-14(15)8-11-19-16/h8,11,13,15,17H,2-7,9-10,12H2,1H3. The van der Waals surface area contributed by atoms with Gasteiger partial charge in [-0.15, -0.1) is 11.3 Å². The van der Waals surface area contributed by atoms with E-state index in [9.17, 15) is 0 Å². The van der Waals surface area contributed by atoms with Gasteiger partial charge in [0.1, 0.15) is 0 Å². The van der Waals surface area contributed by atoms with Gasteiger partial charge in [0.25, 0.3) is 0 Å². The summed E-state index contributed by atoms with van der Waals surface area (Å²) in [5, 5.41) is 6.02. The first-order valence-electron chi connectivity index (χ1n) is 7.92. The van der Waals surface area contributed by atoms with Crippen molar-refractivity contribution in [2.45, 2.75) is 57.5 Å². The van der Waals surface area contributed by atoms with Crippen LogP contribution in [0.3, 0.4) is 0 Å². The van der Waals surface area contributed by atoms with Crippen LogP contribution in [0.1, 0.15) is 55.5 Å². The molecule has 3 heteroatoms. The van der Waals surface area contributed by atoms with Crippen LogP contribution in [0.4, 0.5) is 0 Å². The van der Waals surface area contributed by atoms with Crippen LogP contribution in [0, 0.1) is 0 Å². The van der Waals surface area contributed by atoms with Crippen LogP contribution >= 0.6 is 11.3 Å². The number of hydrogen-bond donors (Lipinski definition) is 1. The molecular weight excluding hydrogens is 252 g/mol. The lowest BCUT2D eigenvalue weighted by molar-refractivity contribution is 0.174. The van der Waals surface area contributed by atoms with Crippen LogP contribution in [0.15, 0.2) is 11.4 Å². The predicted molar refractivity (Wildman–Crippen MR) is 82.9 cm³/mol. The van der Waals surface area contributed by atoms with E-state index in [1.54, 1.807) is 10.4 Å². The zero-order valence-electron chi connectivity index (χ0n) is 12.0. The van der Waals surface area contributed by atoms with Gasteiger partial charge in [0.2, 0.25) is 0 Å². The van der Waals surface area contributed by atoms with E-state index >= 15 is 0 Å². The van der Waals surface area contributed by atoms with E-state index in [0.29, 0.717) is 12.1 Å². The summed E-state index contributed by atoms with van der Waals surface area (Å²) in [6, 6.07) is 3.79. The van der Waals surface area contributed by atoms with Crippen molar-refractivity contribution >= 4 is 11.3 Å². The Morgan fingerprint density at radius 3 is 3.26 bits per heavy atom. The first-order valence-corrected chi connectivity index (χ1v) is 8.80. The van der Waals surface area contributed by atoms with Gasteiger partial charge in [-0.2, -0.15) is 0 Å². The largest absolute Gasteiger partial charge is 0.313 e. The van der Waals surface area contributed by atoms with Crippen molar-refractivity contribution in [3.63, 3.8) is 0 Å². The van der Waals surface area contributed by atoms with Gasteiger partial charge in [-0.25, -0.2) is 0 Å². The van der Waals surface area contributed by atoms with E-state index in [2.05, 4.69) is 28.6 Å². The second-order valence-corrected chi connectivity index (χ2v) is 7.00. The molecule has 1 aliphatic heterocycles. The Labute approximate surface area is 121 Å². The Bertz CT molecular complexity index is 401. The molecule has 0 aromatic carbocycles.